The van der Waals surface area contributed by atoms with Crippen LogP contribution in [-0.2, 0) is 14.8 Å². The van der Waals surface area contributed by atoms with Crippen LogP contribution in [0.25, 0.3) is 0 Å². The molecular weight excluding hydrogens is 270 g/mol. The number of hydrogen-bond acceptors (Lipinski definition) is 4. The van der Waals surface area contributed by atoms with E-state index in [4.69, 9.17) is 5.11 Å². The van der Waals surface area contributed by atoms with Crippen LogP contribution in [0.4, 0.5) is 0 Å². The van der Waals surface area contributed by atoms with Crippen molar-refractivity contribution in [3.05, 3.63) is 0 Å². The summed E-state index contributed by atoms with van der Waals surface area (Å²) in [4.78, 5) is 10.8. The number of piperidine rings is 1. The highest BCUT2D eigenvalue weighted by Crippen LogP contribution is 2.25. The van der Waals surface area contributed by atoms with E-state index >= 15 is 0 Å². The number of carbonyl (C=O) groups is 1. The number of carboxylic acids is 1. The lowest BCUT2D eigenvalue weighted by Crippen LogP contribution is -2.47. The monoisotopic (exact) mass is 293 g/mol. The van der Waals surface area contributed by atoms with Crippen LogP contribution in [0.2, 0.25) is 0 Å². The fraction of sp³-hybridized carbons (Fsp3) is 0.917. The zero-order valence-corrected chi connectivity index (χ0v) is 12.5. The highest BCUT2D eigenvalue weighted by atomic mass is 32.2. The molecule has 2 unspecified atom stereocenters. The third-order valence-corrected chi connectivity index (χ3v) is 5.48. The molecule has 6 nitrogen and oxygen atoms in total. The van der Waals surface area contributed by atoms with Crippen molar-refractivity contribution in [3.63, 3.8) is 0 Å². The summed E-state index contributed by atoms with van der Waals surface area (Å²) in [6, 6.07) is 0. The first-order valence-electron chi connectivity index (χ1n) is 6.42. The molecule has 2 N–H and O–H groups in total. The number of rotatable bonds is 4. The van der Waals surface area contributed by atoms with Crippen LogP contribution in [0, 0.1) is 11.3 Å². The Morgan fingerprint density at radius 1 is 1.42 bits per heavy atom. The van der Waals surface area contributed by atoms with Crippen LogP contribution in [0.3, 0.4) is 0 Å². The van der Waals surface area contributed by atoms with Gasteiger partial charge in [-0.3, -0.25) is 0 Å². The van der Waals surface area contributed by atoms with Gasteiger partial charge in [-0.25, -0.2) is 17.5 Å². The standard InChI is InChI=1S/C12H23NO5S/c1-12(2,3)8-19(17,18)13-6-4-5-9(7-13)10(14)11(15)16/h9-10,14H,4-8H2,1-3H3,(H,15,16). The van der Waals surface area contributed by atoms with Crippen molar-refractivity contribution in [3.8, 4) is 0 Å². The maximum Gasteiger partial charge on any atom is 0.332 e. The second-order valence-electron chi connectivity index (χ2n) is 6.36. The Kier molecular flexibility index (Phi) is 4.97. The molecule has 0 aromatic rings. The minimum absolute atomic E-state index is 0.0237. The summed E-state index contributed by atoms with van der Waals surface area (Å²) in [5, 5.41) is 18.3. The molecule has 2 atom stereocenters. The molecule has 1 rings (SSSR count). The molecule has 1 aliphatic rings. The number of hydrogen-bond donors (Lipinski definition) is 2. The maximum absolute atomic E-state index is 12.2. The molecule has 0 radical (unpaired) electrons. The minimum Gasteiger partial charge on any atom is -0.479 e. The molecule has 112 valence electrons. The van der Waals surface area contributed by atoms with E-state index in [2.05, 4.69) is 0 Å². The first kappa shape index (κ1) is 16.4. The van der Waals surface area contributed by atoms with Crippen molar-refractivity contribution in [1.82, 2.24) is 4.31 Å². The highest BCUT2D eigenvalue weighted by Gasteiger charge is 2.36. The van der Waals surface area contributed by atoms with Gasteiger partial charge in [-0.1, -0.05) is 20.8 Å². The van der Waals surface area contributed by atoms with Gasteiger partial charge in [0, 0.05) is 19.0 Å². The van der Waals surface area contributed by atoms with E-state index in [0.717, 1.165) is 0 Å². The van der Waals surface area contributed by atoms with Crippen LogP contribution in [0.1, 0.15) is 33.6 Å². The number of aliphatic hydroxyl groups excluding tert-OH is 1. The van der Waals surface area contributed by atoms with Gasteiger partial charge in [-0.2, -0.15) is 0 Å². The largest absolute Gasteiger partial charge is 0.479 e. The predicted molar refractivity (Wildman–Crippen MR) is 71.2 cm³/mol. The summed E-state index contributed by atoms with van der Waals surface area (Å²) >= 11 is 0. The number of nitrogens with zero attached hydrogens (tertiary/aromatic N) is 1. The first-order valence-corrected chi connectivity index (χ1v) is 8.02. The maximum atomic E-state index is 12.2. The summed E-state index contributed by atoms with van der Waals surface area (Å²) < 4.78 is 25.8. The molecule has 7 heteroatoms. The van der Waals surface area contributed by atoms with Crippen LogP contribution in [0.5, 0.6) is 0 Å². The fourth-order valence-electron chi connectivity index (χ4n) is 2.32. The summed E-state index contributed by atoms with van der Waals surface area (Å²) in [5.74, 6) is -1.79. The number of aliphatic carboxylic acids is 1. The number of carboxylic acid groups (broad SMARTS) is 1. The molecule has 1 heterocycles. The summed E-state index contributed by atoms with van der Waals surface area (Å²) in [6.07, 6.45) is -0.374. The van der Waals surface area contributed by atoms with E-state index in [1.54, 1.807) is 0 Å². The molecule has 0 aromatic heterocycles. The van der Waals surface area contributed by atoms with Crippen molar-refractivity contribution < 1.29 is 23.4 Å². The highest BCUT2D eigenvalue weighted by molar-refractivity contribution is 7.89. The molecule has 0 aromatic carbocycles. The third-order valence-electron chi connectivity index (χ3n) is 3.13. The Hall–Kier alpha value is -0.660. The normalized spacial score (nSPS) is 24.1. The summed E-state index contributed by atoms with van der Waals surface area (Å²) in [7, 11) is -3.40. The van der Waals surface area contributed by atoms with Gasteiger partial charge in [0.15, 0.2) is 6.10 Å². The molecule has 0 amide bonds. The van der Waals surface area contributed by atoms with Crippen molar-refractivity contribution in [2.75, 3.05) is 18.8 Å². The molecule has 0 saturated carbocycles. The lowest BCUT2D eigenvalue weighted by molar-refractivity contribution is -0.150. The SMILES string of the molecule is CC(C)(C)CS(=O)(=O)N1CCCC(C(O)C(=O)O)C1. The van der Waals surface area contributed by atoms with Crippen LogP contribution < -0.4 is 0 Å². The zero-order valence-electron chi connectivity index (χ0n) is 11.7. The molecule has 0 aliphatic carbocycles. The topological polar surface area (TPSA) is 94.9 Å². The van der Waals surface area contributed by atoms with E-state index in [1.165, 1.54) is 4.31 Å². The zero-order chi connectivity index (χ0) is 14.8. The number of sulfonamides is 1. The molecule has 1 fully saturated rings. The fourth-order valence-corrected chi connectivity index (χ4v) is 4.43. The molecular formula is C12H23NO5S. The molecule has 1 saturated heterocycles. The van der Waals surface area contributed by atoms with E-state index in [-0.39, 0.29) is 17.7 Å². The van der Waals surface area contributed by atoms with Crippen molar-refractivity contribution in [2.24, 2.45) is 11.3 Å². The molecule has 1 aliphatic heterocycles. The van der Waals surface area contributed by atoms with Gasteiger partial charge in [0.2, 0.25) is 10.0 Å². The van der Waals surface area contributed by atoms with E-state index < -0.39 is 28.0 Å². The van der Waals surface area contributed by atoms with Gasteiger partial charge in [-0.05, 0) is 18.3 Å². The lowest BCUT2D eigenvalue weighted by Gasteiger charge is -2.34. The van der Waals surface area contributed by atoms with Gasteiger partial charge in [-0.15, -0.1) is 0 Å². The van der Waals surface area contributed by atoms with Crippen LogP contribution in [0.15, 0.2) is 0 Å². The Bertz CT molecular complexity index is 426. The van der Waals surface area contributed by atoms with Crippen LogP contribution >= 0.6 is 0 Å². The Morgan fingerprint density at radius 2 is 2.00 bits per heavy atom. The third kappa shape index (κ3) is 4.74. The van der Waals surface area contributed by atoms with Crippen molar-refractivity contribution in [1.29, 1.82) is 0 Å². The van der Waals surface area contributed by atoms with Gasteiger partial charge >= 0.3 is 5.97 Å². The average molecular weight is 293 g/mol. The smallest absolute Gasteiger partial charge is 0.332 e. The Morgan fingerprint density at radius 3 is 2.47 bits per heavy atom. The second kappa shape index (κ2) is 5.76. The second-order valence-corrected chi connectivity index (χ2v) is 8.33. The average Bonchev–Trinajstić information content (AvgIpc) is 2.25. The van der Waals surface area contributed by atoms with Crippen molar-refractivity contribution in [2.45, 2.75) is 39.7 Å². The first-order chi connectivity index (χ1) is 8.53. The van der Waals surface area contributed by atoms with Gasteiger partial charge in [0.05, 0.1) is 5.75 Å². The number of aliphatic hydroxyl groups is 1. The van der Waals surface area contributed by atoms with E-state index in [1.807, 2.05) is 20.8 Å². The molecule has 0 bridgehead atoms. The van der Waals surface area contributed by atoms with Crippen LogP contribution in [-0.4, -0.2) is 53.9 Å². The molecule has 19 heavy (non-hydrogen) atoms. The summed E-state index contributed by atoms with van der Waals surface area (Å²) in [6.45, 7) is 6.03. The predicted octanol–water partition coefficient (Wildman–Crippen LogP) is 0.520. The summed E-state index contributed by atoms with van der Waals surface area (Å²) in [5.41, 5.74) is -0.350. The lowest BCUT2D eigenvalue weighted by atomic mass is 9.94. The van der Waals surface area contributed by atoms with E-state index in [0.29, 0.717) is 19.4 Å². The Labute approximate surface area is 114 Å². The quantitative estimate of drug-likeness (QED) is 0.788. The minimum atomic E-state index is -3.40. The van der Waals surface area contributed by atoms with Gasteiger partial charge in [0.25, 0.3) is 0 Å². The van der Waals surface area contributed by atoms with Gasteiger partial charge in [0.1, 0.15) is 0 Å². The Balaban J connectivity index is 2.77. The molecule has 0 spiro atoms. The van der Waals surface area contributed by atoms with E-state index in [9.17, 15) is 18.3 Å². The van der Waals surface area contributed by atoms with Gasteiger partial charge < -0.3 is 10.2 Å². The van der Waals surface area contributed by atoms with Crippen molar-refractivity contribution >= 4 is 16.0 Å².